The van der Waals surface area contributed by atoms with Crippen LogP contribution in [-0.2, 0) is 5.41 Å². The van der Waals surface area contributed by atoms with E-state index in [0.717, 1.165) is 24.2 Å². The van der Waals surface area contributed by atoms with Gasteiger partial charge in [0.1, 0.15) is 0 Å². The number of allylic oxidation sites excluding steroid dienone is 4. The molecule has 7 aromatic rings. The largest absolute Gasteiger partial charge is 0.356 e. The number of anilines is 4. The van der Waals surface area contributed by atoms with E-state index in [0.29, 0.717) is 0 Å². The molecule has 0 radical (unpaired) electrons. The van der Waals surface area contributed by atoms with E-state index in [1.54, 1.807) is 0 Å². The van der Waals surface area contributed by atoms with Crippen LogP contribution < -0.4 is 10.2 Å². The van der Waals surface area contributed by atoms with Crippen molar-refractivity contribution in [2.75, 3.05) is 10.2 Å². The fourth-order valence-corrected chi connectivity index (χ4v) is 8.98. The van der Waals surface area contributed by atoms with Crippen LogP contribution >= 0.6 is 11.3 Å². The zero-order valence-corrected chi connectivity index (χ0v) is 28.0. The third-order valence-corrected chi connectivity index (χ3v) is 11.4. The summed E-state index contributed by atoms with van der Waals surface area (Å²) in [6.45, 7) is 4.73. The van der Waals surface area contributed by atoms with Gasteiger partial charge in [-0.2, -0.15) is 0 Å². The molecule has 6 aromatic carbocycles. The first-order valence-electron chi connectivity index (χ1n) is 16.8. The van der Waals surface area contributed by atoms with E-state index in [1.165, 1.54) is 70.6 Å². The Bertz CT molecular complexity index is 2400. The van der Waals surface area contributed by atoms with Crippen molar-refractivity contribution in [2.45, 2.75) is 32.1 Å². The number of rotatable bonds is 6. The minimum Gasteiger partial charge on any atom is -0.356 e. The number of nitrogens with one attached hydrogen (secondary N) is 1. The zero-order valence-electron chi connectivity index (χ0n) is 27.2. The molecule has 1 N–H and O–H groups in total. The maximum Gasteiger partial charge on any atom is 0.0461 e. The summed E-state index contributed by atoms with van der Waals surface area (Å²) in [6, 6.07) is 50.7. The standard InChI is InChI=1S/C45H36N2S/c1-45(2)41-28-32(46-31-12-5-3-6-13-31)22-26-37(41)38-27-25-35(29-42(38)45)47(33-14-7-4-8-15-33)34-23-20-30(21-24-34)36-17-11-18-40-39-16-9-10-19-43(39)48-44(36)40/h3-20,22-23,25-29,46H,21,24H2,1-2H3. The molecule has 2 aliphatic carbocycles. The lowest BCUT2D eigenvalue weighted by Crippen LogP contribution is -2.20. The summed E-state index contributed by atoms with van der Waals surface area (Å²) in [6.07, 6.45) is 6.69. The van der Waals surface area contributed by atoms with E-state index in [4.69, 9.17) is 0 Å². The molecular weight excluding hydrogens is 601 g/mol. The van der Waals surface area contributed by atoms with Crippen LogP contribution in [0.4, 0.5) is 22.7 Å². The van der Waals surface area contributed by atoms with Gasteiger partial charge in [-0.1, -0.05) is 105 Å². The number of nitrogens with zero attached hydrogens (tertiary/aromatic N) is 1. The molecule has 0 saturated heterocycles. The Balaban J connectivity index is 1.09. The number of para-hydroxylation sites is 2. The lowest BCUT2D eigenvalue weighted by atomic mass is 9.82. The third-order valence-electron chi connectivity index (χ3n) is 10.2. The van der Waals surface area contributed by atoms with Crippen LogP contribution in [0.2, 0.25) is 0 Å². The molecule has 0 spiro atoms. The van der Waals surface area contributed by atoms with Gasteiger partial charge in [-0.15, -0.1) is 11.3 Å². The van der Waals surface area contributed by atoms with E-state index in [2.05, 4.69) is 176 Å². The number of hydrogen-bond donors (Lipinski definition) is 1. The Labute approximate surface area is 286 Å². The van der Waals surface area contributed by atoms with Crippen LogP contribution in [0.25, 0.3) is 36.9 Å². The monoisotopic (exact) mass is 636 g/mol. The predicted octanol–water partition coefficient (Wildman–Crippen LogP) is 13.0. The van der Waals surface area contributed by atoms with Gasteiger partial charge in [0.25, 0.3) is 0 Å². The summed E-state index contributed by atoms with van der Waals surface area (Å²) in [4.78, 5) is 2.47. The van der Waals surface area contributed by atoms with Gasteiger partial charge < -0.3 is 10.2 Å². The summed E-state index contributed by atoms with van der Waals surface area (Å²) in [5.41, 5.74) is 14.0. The highest BCUT2D eigenvalue weighted by molar-refractivity contribution is 7.26. The topological polar surface area (TPSA) is 15.3 Å². The summed E-state index contributed by atoms with van der Waals surface area (Å²) in [7, 11) is 0. The summed E-state index contributed by atoms with van der Waals surface area (Å²) >= 11 is 1.91. The van der Waals surface area contributed by atoms with Crippen LogP contribution in [0.15, 0.2) is 157 Å². The first-order chi connectivity index (χ1) is 23.5. The van der Waals surface area contributed by atoms with E-state index in [-0.39, 0.29) is 5.41 Å². The minimum atomic E-state index is -0.131. The Kier molecular flexibility index (Phi) is 6.84. The summed E-state index contributed by atoms with van der Waals surface area (Å²) in [5.74, 6) is 0. The molecule has 48 heavy (non-hydrogen) atoms. The van der Waals surface area contributed by atoms with Gasteiger partial charge in [0.2, 0.25) is 0 Å². The van der Waals surface area contributed by atoms with Crippen LogP contribution in [0.5, 0.6) is 0 Å². The highest BCUT2D eigenvalue weighted by atomic mass is 32.1. The SMILES string of the molecule is CC1(C)c2cc(Nc3ccccc3)ccc2-c2ccc(N(C3=CC=C(c4cccc5c4sc4ccccc45)CC3)c3ccccc3)cc21. The van der Waals surface area contributed by atoms with Crippen LogP contribution in [0.3, 0.4) is 0 Å². The molecule has 0 bridgehead atoms. The zero-order chi connectivity index (χ0) is 32.2. The van der Waals surface area contributed by atoms with Gasteiger partial charge in [0.05, 0.1) is 0 Å². The van der Waals surface area contributed by atoms with Crippen molar-refractivity contribution < 1.29 is 0 Å². The molecule has 0 saturated carbocycles. The molecule has 9 rings (SSSR count). The number of fused-ring (bicyclic) bond motifs is 6. The van der Waals surface area contributed by atoms with Crippen molar-refractivity contribution in [1.82, 2.24) is 0 Å². The molecule has 2 aliphatic rings. The molecular formula is C45H36N2S. The normalized spacial score (nSPS) is 14.7. The Hall–Kier alpha value is -5.38. The number of benzene rings is 6. The van der Waals surface area contributed by atoms with Crippen molar-refractivity contribution in [2.24, 2.45) is 0 Å². The third kappa shape index (κ3) is 4.77. The van der Waals surface area contributed by atoms with E-state index >= 15 is 0 Å². The molecule has 232 valence electrons. The average molecular weight is 637 g/mol. The van der Waals surface area contributed by atoms with Gasteiger partial charge in [-0.05, 0) is 107 Å². The molecule has 1 aromatic heterocycles. The maximum absolute atomic E-state index is 3.60. The van der Waals surface area contributed by atoms with Gasteiger partial charge in [0.15, 0.2) is 0 Å². The number of thiophene rings is 1. The van der Waals surface area contributed by atoms with Gasteiger partial charge >= 0.3 is 0 Å². The van der Waals surface area contributed by atoms with Crippen LogP contribution in [0.1, 0.15) is 43.4 Å². The quantitative estimate of drug-likeness (QED) is 0.195. The molecule has 0 fully saturated rings. The highest BCUT2D eigenvalue weighted by Gasteiger charge is 2.36. The van der Waals surface area contributed by atoms with Gasteiger partial charge in [-0.3, -0.25) is 0 Å². The Morgan fingerprint density at radius 3 is 2.06 bits per heavy atom. The van der Waals surface area contributed by atoms with Gasteiger partial charge in [0, 0.05) is 54.0 Å². The molecule has 0 amide bonds. The smallest absolute Gasteiger partial charge is 0.0461 e. The molecule has 1 heterocycles. The van der Waals surface area contributed by atoms with Crippen molar-refractivity contribution in [1.29, 1.82) is 0 Å². The highest BCUT2D eigenvalue weighted by Crippen LogP contribution is 2.51. The number of hydrogen-bond acceptors (Lipinski definition) is 3. The summed E-state index contributed by atoms with van der Waals surface area (Å²) in [5, 5.41) is 6.32. The fraction of sp³-hybridized carbons (Fsp3) is 0.111. The van der Waals surface area contributed by atoms with Crippen LogP contribution in [-0.4, -0.2) is 0 Å². The van der Waals surface area contributed by atoms with Crippen molar-refractivity contribution in [3.05, 3.63) is 174 Å². The van der Waals surface area contributed by atoms with E-state index in [1.807, 2.05) is 11.3 Å². The molecule has 0 atom stereocenters. The average Bonchev–Trinajstić information content (AvgIpc) is 3.62. The second-order valence-electron chi connectivity index (χ2n) is 13.4. The second kappa shape index (κ2) is 11.4. The minimum absolute atomic E-state index is 0.131. The lowest BCUT2D eigenvalue weighted by molar-refractivity contribution is 0.660. The van der Waals surface area contributed by atoms with Crippen LogP contribution in [0, 0.1) is 0 Å². The molecule has 3 heteroatoms. The van der Waals surface area contributed by atoms with E-state index in [9.17, 15) is 0 Å². The second-order valence-corrected chi connectivity index (χ2v) is 14.5. The first-order valence-corrected chi connectivity index (χ1v) is 17.6. The fourth-order valence-electron chi connectivity index (χ4n) is 7.73. The summed E-state index contributed by atoms with van der Waals surface area (Å²) < 4.78 is 2.75. The molecule has 0 aliphatic heterocycles. The van der Waals surface area contributed by atoms with E-state index < -0.39 is 0 Å². The van der Waals surface area contributed by atoms with Crippen molar-refractivity contribution in [3.8, 4) is 11.1 Å². The lowest BCUT2D eigenvalue weighted by Gasteiger charge is -2.31. The molecule has 0 unspecified atom stereocenters. The Morgan fingerprint density at radius 2 is 1.27 bits per heavy atom. The predicted molar refractivity (Wildman–Crippen MR) is 207 cm³/mol. The Morgan fingerprint density at radius 1 is 0.562 bits per heavy atom. The van der Waals surface area contributed by atoms with Crippen molar-refractivity contribution >= 4 is 59.8 Å². The first kappa shape index (κ1) is 28.8. The maximum atomic E-state index is 3.60. The molecule has 2 nitrogen and oxygen atoms in total. The van der Waals surface area contributed by atoms with Gasteiger partial charge in [-0.25, -0.2) is 0 Å². The van der Waals surface area contributed by atoms with Crippen molar-refractivity contribution in [3.63, 3.8) is 0 Å².